The Morgan fingerprint density at radius 2 is 1.74 bits per heavy atom. The molecule has 27 heavy (non-hydrogen) atoms. The van der Waals surface area contributed by atoms with Gasteiger partial charge in [-0.2, -0.15) is 0 Å². The summed E-state index contributed by atoms with van der Waals surface area (Å²) in [5, 5.41) is 5.96. The fraction of sp³-hybridized carbons (Fsp3) is 0.0476. The van der Waals surface area contributed by atoms with Gasteiger partial charge in [-0.05, 0) is 55.0 Å². The number of benzene rings is 2. The zero-order valence-electron chi connectivity index (χ0n) is 14.5. The molecular weight excluding hydrogens is 364 g/mol. The van der Waals surface area contributed by atoms with Crippen molar-refractivity contribution in [2.24, 2.45) is 0 Å². The number of hydrogen-bond donors (Lipinski definition) is 2. The van der Waals surface area contributed by atoms with Crippen LogP contribution in [-0.4, -0.2) is 11.8 Å². The molecule has 3 rings (SSSR count). The number of amides is 2. The third kappa shape index (κ3) is 4.86. The van der Waals surface area contributed by atoms with Crippen LogP contribution in [0, 0.1) is 6.92 Å². The molecule has 2 aromatic carbocycles. The van der Waals surface area contributed by atoms with E-state index < -0.39 is 11.8 Å². The molecule has 0 radical (unpaired) electrons. The van der Waals surface area contributed by atoms with Crippen molar-refractivity contribution in [1.82, 2.24) is 5.32 Å². The highest BCUT2D eigenvalue weighted by atomic mass is 35.5. The predicted octanol–water partition coefficient (Wildman–Crippen LogP) is 4.65. The minimum atomic E-state index is -0.456. The van der Waals surface area contributed by atoms with Crippen LogP contribution < -0.4 is 10.6 Å². The van der Waals surface area contributed by atoms with Gasteiger partial charge in [-0.3, -0.25) is 9.59 Å². The van der Waals surface area contributed by atoms with Gasteiger partial charge in [-0.25, -0.2) is 0 Å². The lowest BCUT2D eigenvalue weighted by molar-refractivity contribution is -0.113. The predicted molar refractivity (Wildman–Crippen MR) is 105 cm³/mol. The van der Waals surface area contributed by atoms with Gasteiger partial charge in [0.25, 0.3) is 11.8 Å². The van der Waals surface area contributed by atoms with Crippen LogP contribution in [0.4, 0.5) is 5.69 Å². The molecule has 2 N–H and O–H groups in total. The Morgan fingerprint density at radius 3 is 2.41 bits per heavy atom. The number of anilines is 1. The Bertz CT molecular complexity index is 977. The molecule has 0 fully saturated rings. The molecule has 6 heteroatoms. The molecule has 0 aliphatic rings. The van der Waals surface area contributed by atoms with Crippen molar-refractivity contribution in [3.63, 3.8) is 0 Å². The third-order valence-electron chi connectivity index (χ3n) is 3.82. The van der Waals surface area contributed by atoms with Crippen LogP contribution in [0.15, 0.2) is 77.0 Å². The Hall–Kier alpha value is -3.31. The molecule has 3 aromatic rings. The normalized spacial score (nSPS) is 11.1. The van der Waals surface area contributed by atoms with Gasteiger partial charge in [0.15, 0.2) is 0 Å². The van der Waals surface area contributed by atoms with E-state index in [4.69, 9.17) is 16.0 Å². The van der Waals surface area contributed by atoms with Crippen LogP contribution in [0.3, 0.4) is 0 Å². The first-order valence-corrected chi connectivity index (χ1v) is 8.60. The molecule has 0 aliphatic heterocycles. The molecule has 0 unspecified atom stereocenters. The van der Waals surface area contributed by atoms with Gasteiger partial charge in [0.2, 0.25) is 0 Å². The summed E-state index contributed by atoms with van der Waals surface area (Å²) in [6.45, 7) is 1.89. The van der Waals surface area contributed by atoms with Gasteiger partial charge in [0.1, 0.15) is 11.5 Å². The highest BCUT2D eigenvalue weighted by molar-refractivity contribution is 6.30. The largest absolute Gasteiger partial charge is 0.465 e. The maximum atomic E-state index is 12.8. The first-order valence-electron chi connectivity index (χ1n) is 8.22. The zero-order valence-corrected chi connectivity index (χ0v) is 15.3. The van der Waals surface area contributed by atoms with Gasteiger partial charge < -0.3 is 15.1 Å². The smallest absolute Gasteiger partial charge is 0.272 e. The summed E-state index contributed by atoms with van der Waals surface area (Å²) in [5.41, 5.74) is 2.02. The van der Waals surface area contributed by atoms with E-state index in [9.17, 15) is 9.59 Å². The van der Waals surface area contributed by atoms with E-state index in [2.05, 4.69) is 10.6 Å². The molecule has 1 aromatic heterocycles. The summed E-state index contributed by atoms with van der Waals surface area (Å²) >= 11 is 5.85. The van der Waals surface area contributed by atoms with Crippen LogP contribution in [-0.2, 0) is 4.79 Å². The van der Waals surface area contributed by atoms with Crippen LogP contribution >= 0.6 is 11.6 Å². The first kappa shape index (κ1) is 18.5. The lowest BCUT2D eigenvalue weighted by atomic mass is 10.2. The highest BCUT2D eigenvalue weighted by Gasteiger charge is 2.16. The third-order valence-corrected chi connectivity index (χ3v) is 4.07. The van der Waals surface area contributed by atoms with E-state index in [0.29, 0.717) is 22.0 Å². The van der Waals surface area contributed by atoms with Crippen molar-refractivity contribution < 1.29 is 14.0 Å². The summed E-state index contributed by atoms with van der Waals surface area (Å²) in [6, 6.07) is 17.2. The van der Waals surface area contributed by atoms with Crippen molar-refractivity contribution >= 4 is 35.2 Å². The quantitative estimate of drug-likeness (QED) is 0.633. The average molecular weight is 381 g/mol. The van der Waals surface area contributed by atoms with E-state index in [1.54, 1.807) is 42.5 Å². The minimum absolute atomic E-state index is 0.0631. The molecular formula is C21H17ClN2O3. The van der Waals surface area contributed by atoms with Crippen molar-refractivity contribution in [3.05, 3.63) is 94.5 Å². The van der Waals surface area contributed by atoms with E-state index >= 15 is 0 Å². The van der Waals surface area contributed by atoms with E-state index in [1.807, 2.05) is 25.1 Å². The molecule has 1 heterocycles. The number of furan rings is 1. The Morgan fingerprint density at radius 1 is 1.00 bits per heavy atom. The van der Waals surface area contributed by atoms with Crippen molar-refractivity contribution in [3.8, 4) is 0 Å². The number of halogens is 1. The second kappa shape index (κ2) is 8.38. The number of carbonyl (C=O) groups is 2. The topological polar surface area (TPSA) is 71.3 Å². The Labute approximate surface area is 161 Å². The van der Waals surface area contributed by atoms with Crippen LogP contribution in [0.5, 0.6) is 0 Å². The monoisotopic (exact) mass is 380 g/mol. The summed E-state index contributed by atoms with van der Waals surface area (Å²) in [4.78, 5) is 25.3. The van der Waals surface area contributed by atoms with Gasteiger partial charge in [-0.1, -0.05) is 29.8 Å². The summed E-state index contributed by atoms with van der Waals surface area (Å²) < 4.78 is 5.27. The second-order valence-corrected chi connectivity index (χ2v) is 6.24. The number of aryl methyl sites for hydroxylation is 1. The van der Waals surface area contributed by atoms with Crippen molar-refractivity contribution in [1.29, 1.82) is 0 Å². The highest BCUT2D eigenvalue weighted by Crippen LogP contribution is 2.16. The number of rotatable bonds is 5. The summed E-state index contributed by atoms with van der Waals surface area (Å²) in [6.07, 6.45) is 2.96. The molecule has 0 bridgehead atoms. The number of carbonyl (C=O) groups excluding carboxylic acids is 2. The average Bonchev–Trinajstić information content (AvgIpc) is 3.16. The van der Waals surface area contributed by atoms with Crippen molar-refractivity contribution in [2.45, 2.75) is 6.92 Å². The van der Waals surface area contributed by atoms with E-state index in [1.165, 1.54) is 12.3 Å². The zero-order chi connectivity index (χ0) is 19.2. The van der Waals surface area contributed by atoms with Crippen LogP contribution in [0.2, 0.25) is 5.02 Å². The maximum absolute atomic E-state index is 12.8. The lowest BCUT2D eigenvalue weighted by Gasteiger charge is -2.12. The second-order valence-electron chi connectivity index (χ2n) is 5.80. The lowest BCUT2D eigenvalue weighted by Crippen LogP contribution is -2.30. The molecule has 0 atom stereocenters. The SMILES string of the molecule is Cc1ccccc1NC(=O)C(=Cc1ccco1)NC(=O)c1ccc(Cl)cc1. The van der Waals surface area contributed by atoms with E-state index in [0.717, 1.165) is 5.56 Å². The Balaban J connectivity index is 1.85. The van der Waals surface area contributed by atoms with Gasteiger partial charge in [0, 0.05) is 22.3 Å². The molecule has 2 amide bonds. The number of hydrogen-bond acceptors (Lipinski definition) is 3. The Kier molecular flexibility index (Phi) is 5.74. The summed E-state index contributed by atoms with van der Waals surface area (Å²) in [7, 11) is 0. The molecule has 5 nitrogen and oxygen atoms in total. The van der Waals surface area contributed by atoms with Crippen LogP contribution in [0.25, 0.3) is 6.08 Å². The standard InChI is InChI=1S/C21H17ClN2O3/c1-14-5-2-3-7-18(14)23-21(26)19(13-17-6-4-12-27-17)24-20(25)15-8-10-16(22)11-9-15/h2-13H,1H3,(H,23,26)(H,24,25). The molecule has 136 valence electrons. The maximum Gasteiger partial charge on any atom is 0.272 e. The summed E-state index contributed by atoms with van der Waals surface area (Å²) in [5.74, 6) is -0.436. The number of para-hydroxylation sites is 1. The fourth-order valence-corrected chi connectivity index (χ4v) is 2.50. The molecule has 0 spiro atoms. The molecule has 0 aliphatic carbocycles. The van der Waals surface area contributed by atoms with Crippen molar-refractivity contribution in [2.75, 3.05) is 5.32 Å². The molecule has 0 saturated carbocycles. The van der Waals surface area contributed by atoms with Crippen LogP contribution in [0.1, 0.15) is 21.7 Å². The van der Waals surface area contributed by atoms with Gasteiger partial charge in [0.05, 0.1) is 6.26 Å². The van der Waals surface area contributed by atoms with Gasteiger partial charge >= 0.3 is 0 Å². The van der Waals surface area contributed by atoms with E-state index in [-0.39, 0.29) is 5.70 Å². The first-order chi connectivity index (χ1) is 13.0. The fourth-order valence-electron chi connectivity index (χ4n) is 2.37. The van der Waals surface area contributed by atoms with Gasteiger partial charge in [-0.15, -0.1) is 0 Å². The number of nitrogens with one attached hydrogen (secondary N) is 2. The molecule has 0 saturated heterocycles. The minimum Gasteiger partial charge on any atom is -0.465 e.